The van der Waals surface area contributed by atoms with E-state index in [1.807, 2.05) is 0 Å². The average Bonchev–Trinajstić information content (AvgIpc) is 2.32. The average molecular weight is 297 g/mol. The molecule has 0 heterocycles. The van der Waals surface area contributed by atoms with Crippen LogP contribution in [0.3, 0.4) is 0 Å². The summed E-state index contributed by atoms with van der Waals surface area (Å²) in [5.41, 5.74) is -0.650. The summed E-state index contributed by atoms with van der Waals surface area (Å²) in [5, 5.41) is 7.30. The van der Waals surface area contributed by atoms with Gasteiger partial charge in [-0.25, -0.2) is 4.79 Å². The Kier molecular flexibility index (Phi) is 7.28. The zero-order chi connectivity index (χ0) is 16.6. The summed E-state index contributed by atoms with van der Waals surface area (Å²) >= 11 is 0. The molecule has 0 aromatic carbocycles. The number of hydrogen-bond donors (Lipinski definition) is 3. The topological polar surface area (TPSA) is 96.5 Å². The molecule has 0 rings (SSSR count). The van der Waals surface area contributed by atoms with Gasteiger partial charge in [-0.3, -0.25) is 9.59 Å². The summed E-state index contributed by atoms with van der Waals surface area (Å²) in [6, 6.07) is -1.59. The van der Waals surface area contributed by atoms with Crippen LogP contribution in [0.2, 0.25) is 0 Å². The lowest BCUT2D eigenvalue weighted by Crippen LogP contribution is -2.52. The van der Waals surface area contributed by atoms with Crippen molar-refractivity contribution in [1.29, 1.82) is 0 Å². The molecule has 0 fully saturated rings. The predicted molar refractivity (Wildman–Crippen MR) is 78.3 cm³/mol. The number of nitrogens with one attached hydrogen (secondary N) is 3. The molecule has 0 aromatic rings. The summed E-state index contributed by atoms with van der Waals surface area (Å²) in [4.78, 5) is 34.9. The maximum absolute atomic E-state index is 11.8. The second-order valence-corrected chi connectivity index (χ2v) is 5.52. The molecule has 0 bridgehead atoms. The van der Waals surface area contributed by atoms with E-state index < -0.39 is 35.6 Å². The van der Waals surface area contributed by atoms with E-state index in [0.29, 0.717) is 0 Å². The van der Waals surface area contributed by atoms with Crippen LogP contribution in [0.15, 0.2) is 0 Å². The Labute approximate surface area is 125 Å². The van der Waals surface area contributed by atoms with Crippen molar-refractivity contribution in [3.63, 3.8) is 0 Å². The molecule has 7 heteroatoms. The standard InChI is InChI=1S/C14H23N3O4/c1-7-8-15-11(18)9(2)16-12(19)10(3)17-13(20)21-14(4,5)6/h1,9-10H,8H2,2-6H3,(H,15,18)(H,16,19)(H,17,20)/t9-,10-/m0/s1. The van der Waals surface area contributed by atoms with Crippen molar-refractivity contribution in [2.75, 3.05) is 6.54 Å². The molecule has 0 aliphatic rings. The summed E-state index contributed by atoms with van der Waals surface area (Å²) in [6.45, 7) is 8.25. The molecule has 3 amide bonds. The van der Waals surface area contributed by atoms with Crippen LogP contribution in [-0.4, -0.2) is 42.1 Å². The van der Waals surface area contributed by atoms with Crippen LogP contribution >= 0.6 is 0 Å². The molecule has 0 radical (unpaired) electrons. The SMILES string of the molecule is C#CCNC(=O)[C@H](C)NC(=O)[C@H](C)NC(=O)OC(C)(C)C. The van der Waals surface area contributed by atoms with Crippen molar-refractivity contribution < 1.29 is 19.1 Å². The minimum Gasteiger partial charge on any atom is -0.444 e. The molecule has 0 unspecified atom stereocenters. The number of alkyl carbamates (subject to hydrolysis) is 1. The third-order valence-electron chi connectivity index (χ3n) is 2.24. The zero-order valence-corrected chi connectivity index (χ0v) is 13.1. The highest BCUT2D eigenvalue weighted by atomic mass is 16.6. The minimum absolute atomic E-state index is 0.0881. The first-order valence-corrected chi connectivity index (χ1v) is 6.58. The Morgan fingerprint density at radius 3 is 2.10 bits per heavy atom. The smallest absolute Gasteiger partial charge is 0.408 e. The van der Waals surface area contributed by atoms with Gasteiger partial charge in [0.05, 0.1) is 6.54 Å². The monoisotopic (exact) mass is 297 g/mol. The highest BCUT2D eigenvalue weighted by Gasteiger charge is 2.23. The van der Waals surface area contributed by atoms with Crippen LogP contribution in [0.25, 0.3) is 0 Å². The lowest BCUT2D eigenvalue weighted by molar-refractivity contribution is -0.129. The van der Waals surface area contributed by atoms with E-state index >= 15 is 0 Å². The van der Waals surface area contributed by atoms with E-state index in [-0.39, 0.29) is 6.54 Å². The van der Waals surface area contributed by atoms with E-state index in [2.05, 4.69) is 21.9 Å². The van der Waals surface area contributed by atoms with E-state index in [9.17, 15) is 14.4 Å². The van der Waals surface area contributed by atoms with E-state index in [1.54, 1.807) is 20.8 Å². The molecule has 0 spiro atoms. The fourth-order valence-corrected chi connectivity index (χ4v) is 1.25. The van der Waals surface area contributed by atoms with Crippen LogP contribution in [-0.2, 0) is 14.3 Å². The van der Waals surface area contributed by atoms with E-state index in [1.165, 1.54) is 13.8 Å². The normalized spacial score (nSPS) is 13.3. The van der Waals surface area contributed by atoms with Crippen LogP contribution in [0, 0.1) is 12.3 Å². The Morgan fingerprint density at radius 1 is 1.10 bits per heavy atom. The maximum Gasteiger partial charge on any atom is 0.408 e. The van der Waals surface area contributed by atoms with Gasteiger partial charge < -0.3 is 20.7 Å². The Hall–Kier alpha value is -2.23. The quantitative estimate of drug-likeness (QED) is 0.630. The highest BCUT2D eigenvalue weighted by Crippen LogP contribution is 2.06. The van der Waals surface area contributed by atoms with Gasteiger partial charge in [0.15, 0.2) is 0 Å². The largest absolute Gasteiger partial charge is 0.444 e. The zero-order valence-electron chi connectivity index (χ0n) is 13.1. The van der Waals surface area contributed by atoms with Crippen molar-refractivity contribution in [3.05, 3.63) is 0 Å². The first-order chi connectivity index (χ1) is 9.56. The van der Waals surface area contributed by atoms with Crippen LogP contribution in [0.1, 0.15) is 34.6 Å². The van der Waals surface area contributed by atoms with Gasteiger partial charge >= 0.3 is 6.09 Å². The van der Waals surface area contributed by atoms with Gasteiger partial charge in [-0.15, -0.1) is 6.42 Å². The van der Waals surface area contributed by atoms with Crippen molar-refractivity contribution >= 4 is 17.9 Å². The van der Waals surface area contributed by atoms with E-state index in [4.69, 9.17) is 11.2 Å². The maximum atomic E-state index is 11.8. The number of carbonyl (C=O) groups excluding carboxylic acids is 3. The molecule has 0 aliphatic heterocycles. The summed E-state index contributed by atoms with van der Waals surface area (Å²) in [6.07, 6.45) is 4.32. The van der Waals surface area contributed by atoms with Crippen molar-refractivity contribution in [3.8, 4) is 12.3 Å². The Bertz CT molecular complexity index is 434. The molecule has 0 saturated carbocycles. The molecule has 0 saturated heterocycles. The fourth-order valence-electron chi connectivity index (χ4n) is 1.25. The fraction of sp³-hybridized carbons (Fsp3) is 0.643. The van der Waals surface area contributed by atoms with Crippen LogP contribution in [0.5, 0.6) is 0 Å². The lowest BCUT2D eigenvalue weighted by Gasteiger charge is -2.22. The molecule has 21 heavy (non-hydrogen) atoms. The molecular formula is C14H23N3O4. The van der Waals surface area contributed by atoms with Gasteiger partial charge in [-0.2, -0.15) is 0 Å². The van der Waals surface area contributed by atoms with Gasteiger partial charge in [0, 0.05) is 0 Å². The van der Waals surface area contributed by atoms with Gasteiger partial charge in [0.2, 0.25) is 11.8 Å². The third kappa shape index (κ3) is 8.52. The predicted octanol–water partition coefficient (Wildman–Crippen LogP) is 0.154. The molecule has 7 nitrogen and oxygen atoms in total. The number of ether oxygens (including phenoxy) is 1. The summed E-state index contributed by atoms with van der Waals surface area (Å²) in [5.74, 6) is 1.37. The Morgan fingerprint density at radius 2 is 1.62 bits per heavy atom. The number of amides is 3. The molecule has 2 atom stereocenters. The molecule has 3 N–H and O–H groups in total. The van der Waals surface area contributed by atoms with Crippen LogP contribution in [0.4, 0.5) is 4.79 Å². The second kappa shape index (κ2) is 8.15. The first-order valence-electron chi connectivity index (χ1n) is 6.58. The van der Waals surface area contributed by atoms with Crippen molar-refractivity contribution in [1.82, 2.24) is 16.0 Å². The number of terminal acetylenes is 1. The summed E-state index contributed by atoms with van der Waals surface area (Å²) < 4.78 is 5.03. The summed E-state index contributed by atoms with van der Waals surface area (Å²) in [7, 11) is 0. The lowest BCUT2D eigenvalue weighted by atomic mass is 10.2. The molecule has 0 aliphatic carbocycles. The van der Waals surface area contributed by atoms with Gasteiger partial charge in [-0.1, -0.05) is 5.92 Å². The Balaban J connectivity index is 4.30. The number of hydrogen-bond acceptors (Lipinski definition) is 4. The number of carbonyl (C=O) groups is 3. The van der Waals surface area contributed by atoms with E-state index in [0.717, 1.165) is 0 Å². The van der Waals surface area contributed by atoms with Gasteiger partial charge in [0.1, 0.15) is 17.7 Å². The molecule has 118 valence electrons. The minimum atomic E-state index is -0.831. The van der Waals surface area contributed by atoms with Crippen molar-refractivity contribution in [2.45, 2.75) is 52.3 Å². The third-order valence-corrected chi connectivity index (χ3v) is 2.24. The molecular weight excluding hydrogens is 274 g/mol. The second-order valence-electron chi connectivity index (χ2n) is 5.52. The first kappa shape index (κ1) is 18.8. The highest BCUT2D eigenvalue weighted by molar-refractivity contribution is 5.90. The van der Waals surface area contributed by atoms with Gasteiger partial charge in [0.25, 0.3) is 0 Å². The number of rotatable bonds is 5. The van der Waals surface area contributed by atoms with Gasteiger partial charge in [-0.05, 0) is 34.6 Å². The molecule has 0 aromatic heterocycles. The van der Waals surface area contributed by atoms with Crippen molar-refractivity contribution in [2.24, 2.45) is 0 Å². The van der Waals surface area contributed by atoms with Crippen LogP contribution < -0.4 is 16.0 Å².